The van der Waals surface area contributed by atoms with Crippen LogP contribution in [-0.4, -0.2) is 23.3 Å². The second-order valence-corrected chi connectivity index (χ2v) is 6.20. The highest BCUT2D eigenvalue weighted by atomic mass is 16.5. The van der Waals surface area contributed by atoms with E-state index in [1.54, 1.807) is 5.57 Å². The first kappa shape index (κ1) is 10.1. The molecule has 0 spiro atoms. The molecule has 0 aromatic heterocycles. The highest BCUT2D eigenvalue weighted by Gasteiger charge is 2.59. The molecule has 1 N–H and O–H groups in total. The van der Waals surface area contributed by atoms with Crippen molar-refractivity contribution < 1.29 is 14.6 Å². The van der Waals surface area contributed by atoms with Gasteiger partial charge in [0, 0.05) is 12.8 Å². The number of aliphatic hydroxyl groups is 1. The summed E-state index contributed by atoms with van der Waals surface area (Å²) in [5.41, 5.74) is 2.93. The lowest BCUT2D eigenvalue weighted by atomic mass is 9.75. The van der Waals surface area contributed by atoms with Crippen LogP contribution >= 0.6 is 0 Å². The second kappa shape index (κ2) is 3.14. The normalized spacial score (nSPS) is 50.0. The molecule has 3 nitrogen and oxygen atoms in total. The standard InChI is InChI=1S/C14H18O3/c1-6(15)17-12-5-8-3-10(12)14-7-2-9(13(8)14)11(16)4-7/h7-8,10-12,14,16H,2-5H2,1H3. The third-order valence-electron chi connectivity index (χ3n) is 5.42. The van der Waals surface area contributed by atoms with Gasteiger partial charge in [-0.05, 0) is 49.0 Å². The predicted molar refractivity (Wildman–Crippen MR) is 61.0 cm³/mol. The van der Waals surface area contributed by atoms with E-state index in [2.05, 4.69) is 0 Å². The van der Waals surface area contributed by atoms with Gasteiger partial charge in [-0.3, -0.25) is 4.79 Å². The number of carbonyl (C=O) groups is 1. The van der Waals surface area contributed by atoms with E-state index in [0.717, 1.165) is 19.3 Å². The van der Waals surface area contributed by atoms with Crippen LogP contribution in [0.15, 0.2) is 11.1 Å². The third kappa shape index (κ3) is 1.18. The Labute approximate surface area is 101 Å². The molecule has 0 aliphatic heterocycles. The van der Waals surface area contributed by atoms with Gasteiger partial charge in [0.2, 0.25) is 0 Å². The first-order valence-corrected chi connectivity index (χ1v) is 6.73. The predicted octanol–water partition coefficient (Wildman–Crippen LogP) is 1.66. The summed E-state index contributed by atoms with van der Waals surface area (Å²) in [5, 5.41) is 9.96. The Morgan fingerprint density at radius 2 is 2.18 bits per heavy atom. The smallest absolute Gasteiger partial charge is 0.302 e. The maximum Gasteiger partial charge on any atom is 0.302 e. The molecule has 3 fully saturated rings. The van der Waals surface area contributed by atoms with Gasteiger partial charge in [-0.2, -0.15) is 0 Å². The molecule has 92 valence electrons. The summed E-state index contributed by atoms with van der Waals surface area (Å²) in [6.45, 7) is 1.51. The minimum Gasteiger partial charge on any atom is -0.462 e. The Hall–Kier alpha value is -0.830. The van der Waals surface area contributed by atoms with Gasteiger partial charge in [0.25, 0.3) is 0 Å². The number of rotatable bonds is 1. The summed E-state index contributed by atoms with van der Waals surface area (Å²) >= 11 is 0. The van der Waals surface area contributed by atoms with E-state index in [1.165, 1.54) is 18.9 Å². The van der Waals surface area contributed by atoms with Crippen LogP contribution < -0.4 is 0 Å². The van der Waals surface area contributed by atoms with Crippen LogP contribution in [0.2, 0.25) is 0 Å². The summed E-state index contributed by atoms with van der Waals surface area (Å²) < 4.78 is 5.46. The molecule has 6 atom stereocenters. The van der Waals surface area contributed by atoms with Gasteiger partial charge in [-0.25, -0.2) is 0 Å². The number of ether oxygens (including phenoxy) is 1. The van der Waals surface area contributed by atoms with Crippen molar-refractivity contribution >= 4 is 5.97 Å². The molecule has 4 aliphatic rings. The second-order valence-electron chi connectivity index (χ2n) is 6.20. The van der Waals surface area contributed by atoms with Crippen molar-refractivity contribution in [2.45, 2.75) is 44.8 Å². The van der Waals surface area contributed by atoms with Gasteiger partial charge >= 0.3 is 5.97 Å². The minimum atomic E-state index is -0.155. The lowest BCUT2D eigenvalue weighted by molar-refractivity contribution is -0.149. The fraction of sp³-hybridized carbons (Fsp3) is 0.786. The Balaban J connectivity index is 1.66. The van der Waals surface area contributed by atoms with E-state index >= 15 is 0 Å². The summed E-state index contributed by atoms with van der Waals surface area (Å²) in [5.74, 6) is 2.29. The molecule has 4 bridgehead atoms. The van der Waals surface area contributed by atoms with Crippen molar-refractivity contribution in [1.82, 2.24) is 0 Å². The topological polar surface area (TPSA) is 46.5 Å². The van der Waals surface area contributed by atoms with Crippen molar-refractivity contribution in [2.24, 2.45) is 23.7 Å². The Bertz CT molecular complexity index is 425. The van der Waals surface area contributed by atoms with Crippen LogP contribution in [0.4, 0.5) is 0 Å². The van der Waals surface area contributed by atoms with E-state index in [1.807, 2.05) is 0 Å². The fourth-order valence-corrected chi connectivity index (χ4v) is 5.11. The number of hydrogen-bond acceptors (Lipinski definition) is 3. The molecule has 6 unspecified atom stereocenters. The van der Waals surface area contributed by atoms with E-state index in [4.69, 9.17) is 4.74 Å². The zero-order valence-electron chi connectivity index (χ0n) is 10.1. The molecular formula is C14H18O3. The van der Waals surface area contributed by atoms with Crippen LogP contribution in [-0.2, 0) is 9.53 Å². The van der Waals surface area contributed by atoms with Gasteiger partial charge < -0.3 is 9.84 Å². The van der Waals surface area contributed by atoms with Crippen molar-refractivity contribution in [2.75, 3.05) is 0 Å². The average Bonchev–Trinajstić information content (AvgIpc) is 2.91. The highest BCUT2D eigenvalue weighted by molar-refractivity contribution is 5.66. The van der Waals surface area contributed by atoms with E-state index < -0.39 is 0 Å². The molecule has 0 amide bonds. The van der Waals surface area contributed by atoms with Crippen LogP contribution in [0.25, 0.3) is 0 Å². The number of allylic oxidation sites excluding steroid dienone is 1. The molecule has 4 rings (SSSR count). The Morgan fingerprint density at radius 3 is 2.94 bits per heavy atom. The fourth-order valence-electron chi connectivity index (χ4n) is 5.11. The van der Waals surface area contributed by atoms with E-state index in [9.17, 15) is 9.90 Å². The molecule has 3 saturated carbocycles. The Morgan fingerprint density at radius 1 is 1.35 bits per heavy atom. The first-order chi connectivity index (χ1) is 8.15. The zero-order chi connectivity index (χ0) is 11.7. The first-order valence-electron chi connectivity index (χ1n) is 6.73. The van der Waals surface area contributed by atoms with E-state index in [-0.39, 0.29) is 18.2 Å². The molecule has 0 aromatic carbocycles. The quantitative estimate of drug-likeness (QED) is 0.554. The van der Waals surface area contributed by atoms with Gasteiger partial charge in [-0.15, -0.1) is 0 Å². The number of fused-ring (bicyclic) bond motifs is 8. The summed E-state index contributed by atoms with van der Waals surface area (Å²) in [6, 6.07) is 0. The number of aliphatic hydroxyl groups excluding tert-OH is 1. The van der Waals surface area contributed by atoms with Crippen LogP contribution in [0.5, 0.6) is 0 Å². The Kier molecular flexibility index (Phi) is 1.87. The SMILES string of the molecule is CC(=O)OC1CC2CC1C1C2=C2CC1CC2O. The maximum absolute atomic E-state index is 11.1. The van der Waals surface area contributed by atoms with Gasteiger partial charge in [-0.1, -0.05) is 5.57 Å². The summed E-state index contributed by atoms with van der Waals surface area (Å²) in [6.07, 6.45) is 4.24. The van der Waals surface area contributed by atoms with Gasteiger partial charge in [0.1, 0.15) is 6.10 Å². The molecule has 0 heterocycles. The minimum absolute atomic E-state index is 0.139. The molecule has 17 heavy (non-hydrogen) atoms. The lowest BCUT2D eigenvalue weighted by Gasteiger charge is -2.34. The summed E-state index contributed by atoms with van der Waals surface area (Å²) in [7, 11) is 0. The van der Waals surface area contributed by atoms with Crippen molar-refractivity contribution in [3.8, 4) is 0 Å². The molecule has 4 aliphatic carbocycles. The van der Waals surface area contributed by atoms with Crippen LogP contribution in [0.3, 0.4) is 0 Å². The summed E-state index contributed by atoms with van der Waals surface area (Å²) in [4.78, 5) is 11.1. The largest absolute Gasteiger partial charge is 0.462 e. The third-order valence-corrected chi connectivity index (χ3v) is 5.42. The monoisotopic (exact) mass is 234 g/mol. The number of carbonyl (C=O) groups excluding carboxylic acids is 1. The van der Waals surface area contributed by atoms with Crippen molar-refractivity contribution in [1.29, 1.82) is 0 Å². The van der Waals surface area contributed by atoms with Crippen LogP contribution in [0, 0.1) is 23.7 Å². The molecular weight excluding hydrogens is 216 g/mol. The van der Waals surface area contributed by atoms with Crippen LogP contribution in [0.1, 0.15) is 32.6 Å². The molecule has 0 aromatic rings. The van der Waals surface area contributed by atoms with E-state index in [0.29, 0.717) is 23.7 Å². The highest BCUT2D eigenvalue weighted by Crippen LogP contribution is 2.64. The molecule has 3 heteroatoms. The average molecular weight is 234 g/mol. The molecule has 0 radical (unpaired) electrons. The lowest BCUT2D eigenvalue weighted by Crippen LogP contribution is -2.34. The number of esters is 1. The number of hydrogen-bond donors (Lipinski definition) is 1. The molecule has 0 saturated heterocycles. The maximum atomic E-state index is 11.1. The van der Waals surface area contributed by atoms with Crippen molar-refractivity contribution in [3.05, 3.63) is 11.1 Å². The van der Waals surface area contributed by atoms with Gasteiger partial charge in [0.05, 0.1) is 6.10 Å². The van der Waals surface area contributed by atoms with Crippen molar-refractivity contribution in [3.63, 3.8) is 0 Å². The van der Waals surface area contributed by atoms with Gasteiger partial charge in [0.15, 0.2) is 0 Å². The zero-order valence-corrected chi connectivity index (χ0v) is 10.1.